The van der Waals surface area contributed by atoms with Crippen LogP contribution in [0.2, 0.25) is 0 Å². The fourth-order valence-electron chi connectivity index (χ4n) is 3.07. The molecule has 164 valence electrons. The molecule has 1 heterocycles. The van der Waals surface area contributed by atoms with Crippen molar-refractivity contribution in [2.24, 2.45) is 11.0 Å². The minimum absolute atomic E-state index is 0.184. The monoisotopic (exact) mass is 411 g/mol. The molecule has 0 aliphatic carbocycles. The third-order valence-electron chi connectivity index (χ3n) is 4.48. The number of piperidine rings is 1. The molecule has 1 aliphatic rings. The van der Waals surface area contributed by atoms with Gasteiger partial charge in [-0.3, -0.25) is 9.59 Å². The molecule has 0 aromatic carbocycles. The average Bonchev–Trinajstić information content (AvgIpc) is 2.65. The van der Waals surface area contributed by atoms with Crippen LogP contribution in [0.15, 0.2) is 5.11 Å². The van der Waals surface area contributed by atoms with Crippen molar-refractivity contribution in [1.82, 2.24) is 10.2 Å². The van der Waals surface area contributed by atoms with Crippen LogP contribution in [-0.4, -0.2) is 60.8 Å². The first-order valence-corrected chi connectivity index (χ1v) is 10.1. The molecule has 2 amide bonds. The molecule has 10 heteroatoms. The summed E-state index contributed by atoms with van der Waals surface area (Å²) in [5.74, 6) is -0.621. The molecule has 1 N–H and O–H groups in total. The molecule has 10 nitrogen and oxygen atoms in total. The van der Waals surface area contributed by atoms with E-state index in [0.29, 0.717) is 58.3 Å². The zero-order valence-corrected chi connectivity index (χ0v) is 17.8. The van der Waals surface area contributed by atoms with Gasteiger partial charge in [-0.25, -0.2) is 4.79 Å². The van der Waals surface area contributed by atoms with Gasteiger partial charge in [-0.2, -0.15) is 0 Å². The van der Waals surface area contributed by atoms with Gasteiger partial charge in [-0.15, -0.1) is 0 Å². The van der Waals surface area contributed by atoms with Crippen molar-refractivity contribution in [3.63, 3.8) is 0 Å². The number of esters is 1. The fourth-order valence-corrected chi connectivity index (χ4v) is 3.07. The lowest BCUT2D eigenvalue weighted by molar-refractivity contribution is -0.151. The molecule has 0 unspecified atom stereocenters. The van der Waals surface area contributed by atoms with Crippen LogP contribution in [0.3, 0.4) is 0 Å². The summed E-state index contributed by atoms with van der Waals surface area (Å²) in [6.45, 7) is 8.79. The van der Waals surface area contributed by atoms with Crippen LogP contribution >= 0.6 is 0 Å². The Morgan fingerprint density at radius 1 is 1.24 bits per heavy atom. The largest absolute Gasteiger partial charge is 0.466 e. The van der Waals surface area contributed by atoms with Crippen LogP contribution in [0.1, 0.15) is 59.8 Å². The Kier molecular flexibility index (Phi) is 10.3. The zero-order valence-electron chi connectivity index (χ0n) is 17.8. The van der Waals surface area contributed by atoms with E-state index in [-0.39, 0.29) is 17.8 Å². The number of unbranched alkanes of at least 4 members (excludes halogenated alkanes) is 1. The number of nitrogens with one attached hydrogen (secondary N) is 1. The van der Waals surface area contributed by atoms with Crippen molar-refractivity contribution in [3.8, 4) is 0 Å². The number of rotatable bonds is 9. The van der Waals surface area contributed by atoms with Crippen LogP contribution in [0.25, 0.3) is 10.4 Å². The molecular weight excluding hydrogens is 378 g/mol. The molecule has 0 bridgehead atoms. The summed E-state index contributed by atoms with van der Waals surface area (Å²) in [6.07, 6.45) is 2.27. The molecule has 1 fully saturated rings. The van der Waals surface area contributed by atoms with Crippen molar-refractivity contribution in [3.05, 3.63) is 10.4 Å². The number of amides is 2. The summed E-state index contributed by atoms with van der Waals surface area (Å²) in [7, 11) is 0. The van der Waals surface area contributed by atoms with E-state index in [9.17, 15) is 14.4 Å². The maximum Gasteiger partial charge on any atom is 0.407 e. The summed E-state index contributed by atoms with van der Waals surface area (Å²) in [4.78, 5) is 40.5. The standard InChI is InChI=1S/C19H33N5O5/c1-5-28-17(26)14-9-12-24(13-10-14)16(25)15(22-23-20)8-6-7-11-21-18(27)29-19(2,3)4/h14-15H,5-13H2,1-4H3,(H,21,27)/t15-/m0/s1. The number of carbonyl (C=O) groups is 3. The third-order valence-corrected chi connectivity index (χ3v) is 4.48. The molecule has 0 aromatic rings. The second-order valence-corrected chi connectivity index (χ2v) is 8.00. The fraction of sp³-hybridized carbons (Fsp3) is 0.842. The van der Waals surface area contributed by atoms with Crippen molar-refractivity contribution in [2.45, 2.75) is 71.4 Å². The van der Waals surface area contributed by atoms with Gasteiger partial charge in [0.1, 0.15) is 11.6 Å². The molecule has 0 saturated carbocycles. The highest BCUT2D eigenvalue weighted by atomic mass is 16.6. The number of alkyl carbamates (subject to hydrolysis) is 1. The first-order chi connectivity index (χ1) is 13.7. The van der Waals surface area contributed by atoms with Gasteiger partial charge in [0.05, 0.1) is 12.5 Å². The number of carbonyl (C=O) groups excluding carboxylic acids is 3. The lowest BCUT2D eigenvalue weighted by Crippen LogP contribution is -2.44. The van der Waals surface area contributed by atoms with Gasteiger partial charge in [-0.1, -0.05) is 11.5 Å². The van der Waals surface area contributed by atoms with Crippen molar-refractivity contribution in [2.75, 3.05) is 26.2 Å². The Labute approximate surface area is 171 Å². The van der Waals surface area contributed by atoms with Gasteiger partial charge in [-0.05, 0) is 58.9 Å². The number of nitrogens with zero attached hydrogens (tertiary/aromatic N) is 4. The van der Waals surface area contributed by atoms with Gasteiger partial charge in [0, 0.05) is 24.5 Å². The zero-order chi connectivity index (χ0) is 21.9. The van der Waals surface area contributed by atoms with Crippen LogP contribution in [0, 0.1) is 5.92 Å². The topological polar surface area (TPSA) is 134 Å². The van der Waals surface area contributed by atoms with Crippen molar-refractivity contribution < 1.29 is 23.9 Å². The molecule has 1 aliphatic heterocycles. The number of hydrogen-bond acceptors (Lipinski definition) is 6. The maximum atomic E-state index is 12.7. The molecule has 29 heavy (non-hydrogen) atoms. The Morgan fingerprint density at radius 3 is 2.45 bits per heavy atom. The smallest absolute Gasteiger partial charge is 0.407 e. The van der Waals surface area contributed by atoms with E-state index in [0.717, 1.165) is 0 Å². The highest BCUT2D eigenvalue weighted by Gasteiger charge is 2.30. The Balaban J connectivity index is 2.39. The number of hydrogen-bond donors (Lipinski definition) is 1. The first-order valence-electron chi connectivity index (χ1n) is 10.1. The predicted molar refractivity (Wildman–Crippen MR) is 107 cm³/mol. The molecule has 0 spiro atoms. The molecule has 1 atom stereocenters. The quantitative estimate of drug-likeness (QED) is 0.204. The highest BCUT2D eigenvalue weighted by molar-refractivity contribution is 5.82. The van der Waals surface area contributed by atoms with E-state index in [2.05, 4.69) is 15.3 Å². The van der Waals surface area contributed by atoms with Crippen LogP contribution < -0.4 is 5.32 Å². The van der Waals surface area contributed by atoms with Crippen LogP contribution in [-0.2, 0) is 19.1 Å². The Hall–Kier alpha value is -2.48. The number of azide groups is 1. The van der Waals surface area contributed by atoms with E-state index in [1.165, 1.54) is 0 Å². The van der Waals surface area contributed by atoms with Crippen molar-refractivity contribution >= 4 is 18.0 Å². The average molecular weight is 412 g/mol. The molecule has 0 radical (unpaired) electrons. The van der Waals surface area contributed by atoms with Gasteiger partial charge in [0.2, 0.25) is 5.91 Å². The van der Waals surface area contributed by atoms with E-state index in [1.807, 2.05) is 0 Å². The summed E-state index contributed by atoms with van der Waals surface area (Å²) in [5.41, 5.74) is 8.24. The summed E-state index contributed by atoms with van der Waals surface area (Å²) in [5, 5.41) is 6.31. The molecule has 0 aromatic heterocycles. The molecule has 1 saturated heterocycles. The molecular formula is C19H33N5O5. The summed E-state index contributed by atoms with van der Waals surface area (Å²) >= 11 is 0. The highest BCUT2D eigenvalue weighted by Crippen LogP contribution is 2.21. The van der Waals surface area contributed by atoms with Crippen LogP contribution in [0.4, 0.5) is 4.79 Å². The SMILES string of the molecule is CCOC(=O)C1CCN(C(=O)[C@H](CCCCNC(=O)OC(C)(C)C)N=[N+]=[N-])CC1. The van der Waals surface area contributed by atoms with E-state index < -0.39 is 17.7 Å². The first kappa shape index (κ1) is 24.6. The minimum atomic E-state index is -0.777. The second-order valence-electron chi connectivity index (χ2n) is 8.00. The Bertz CT molecular complexity index is 605. The van der Waals surface area contributed by atoms with E-state index in [4.69, 9.17) is 15.0 Å². The predicted octanol–water partition coefficient (Wildman–Crippen LogP) is 3.16. The number of likely N-dealkylation sites (tertiary alicyclic amines) is 1. The lowest BCUT2D eigenvalue weighted by Gasteiger charge is -2.32. The van der Waals surface area contributed by atoms with Gasteiger partial charge in [0.15, 0.2) is 0 Å². The van der Waals surface area contributed by atoms with Gasteiger partial charge in [0.25, 0.3) is 0 Å². The second kappa shape index (κ2) is 12.2. The number of ether oxygens (including phenoxy) is 2. The molecule has 1 rings (SSSR count). The Morgan fingerprint density at radius 2 is 1.90 bits per heavy atom. The third kappa shape index (κ3) is 9.51. The van der Waals surface area contributed by atoms with E-state index in [1.54, 1.807) is 32.6 Å². The summed E-state index contributed by atoms with van der Waals surface area (Å²) in [6, 6.07) is -0.777. The van der Waals surface area contributed by atoms with Crippen molar-refractivity contribution in [1.29, 1.82) is 0 Å². The normalized spacial score (nSPS) is 15.8. The lowest BCUT2D eigenvalue weighted by atomic mass is 9.96. The van der Waals surface area contributed by atoms with E-state index >= 15 is 0 Å². The minimum Gasteiger partial charge on any atom is -0.466 e. The maximum absolute atomic E-state index is 12.7. The summed E-state index contributed by atoms with van der Waals surface area (Å²) < 4.78 is 10.2. The van der Waals surface area contributed by atoms with Gasteiger partial charge >= 0.3 is 12.1 Å². The van der Waals surface area contributed by atoms with Gasteiger partial charge < -0.3 is 19.7 Å². The van der Waals surface area contributed by atoms with Crippen LogP contribution in [0.5, 0.6) is 0 Å².